The topological polar surface area (TPSA) is 51.8 Å². The molecule has 7 aromatic carbocycles. The van der Waals surface area contributed by atoms with Gasteiger partial charge in [0.15, 0.2) is 5.82 Å². The first kappa shape index (κ1) is 27.5. The van der Waals surface area contributed by atoms with Gasteiger partial charge in [0.1, 0.15) is 11.2 Å². The third-order valence-corrected chi connectivity index (χ3v) is 9.47. The fourth-order valence-electron chi connectivity index (χ4n) is 7.12. The third kappa shape index (κ3) is 4.49. The Morgan fingerprint density at radius 1 is 0.347 bits per heavy atom. The second-order valence-corrected chi connectivity index (χ2v) is 12.4. The van der Waals surface area contributed by atoms with E-state index in [0.29, 0.717) is 5.82 Å². The first-order valence-corrected chi connectivity index (χ1v) is 16.4. The van der Waals surface area contributed by atoms with Gasteiger partial charge in [-0.1, -0.05) is 133 Å². The number of para-hydroxylation sites is 3. The van der Waals surface area contributed by atoms with Gasteiger partial charge in [0, 0.05) is 49.0 Å². The molecule has 0 bridgehead atoms. The van der Waals surface area contributed by atoms with Crippen molar-refractivity contribution in [2.45, 2.75) is 0 Å². The zero-order valence-corrected chi connectivity index (χ0v) is 26.3. The Bertz CT molecular complexity index is 2870. The fraction of sp³-hybridized carbons (Fsp3) is 0. The summed E-state index contributed by atoms with van der Waals surface area (Å²) in [6.45, 7) is 0. The van der Waals surface area contributed by atoms with Crippen molar-refractivity contribution in [2.24, 2.45) is 0 Å². The second-order valence-electron chi connectivity index (χ2n) is 12.4. The van der Waals surface area contributed by atoms with Crippen molar-refractivity contribution in [2.75, 3.05) is 0 Å². The molecule has 0 saturated heterocycles. The van der Waals surface area contributed by atoms with Gasteiger partial charge in [-0.2, -0.15) is 0 Å². The number of aromatic nitrogens is 3. The molecule has 0 aliphatic heterocycles. The highest BCUT2D eigenvalue weighted by Gasteiger charge is 2.18. The van der Waals surface area contributed by atoms with E-state index in [2.05, 4.69) is 127 Å². The predicted octanol–water partition coefficient (Wildman–Crippen LogP) is 11.9. The molecule has 0 atom stereocenters. The molecule has 0 amide bonds. The molecule has 228 valence electrons. The summed E-state index contributed by atoms with van der Waals surface area (Å²) in [5, 5.41) is 6.48. The van der Waals surface area contributed by atoms with Gasteiger partial charge in [0.2, 0.25) is 0 Å². The molecule has 0 aliphatic rings. The van der Waals surface area contributed by atoms with Gasteiger partial charge in [-0.05, 0) is 41.5 Å². The Morgan fingerprint density at radius 2 is 0.939 bits per heavy atom. The highest BCUT2D eigenvalue weighted by atomic mass is 16.3. The smallest absolute Gasteiger partial charge is 0.160 e. The van der Waals surface area contributed by atoms with Crippen LogP contribution in [0.15, 0.2) is 168 Å². The van der Waals surface area contributed by atoms with Crippen LogP contribution in [0.4, 0.5) is 0 Å². The second kappa shape index (κ2) is 11.0. The van der Waals surface area contributed by atoms with E-state index in [1.807, 2.05) is 36.4 Å². The minimum atomic E-state index is 0.701. The van der Waals surface area contributed by atoms with Crippen molar-refractivity contribution in [1.82, 2.24) is 15.0 Å². The van der Waals surface area contributed by atoms with Crippen molar-refractivity contribution >= 4 is 54.5 Å². The lowest BCUT2D eigenvalue weighted by molar-refractivity contribution is 0.673. The van der Waals surface area contributed by atoms with Crippen LogP contribution in [0.3, 0.4) is 0 Å². The van der Waals surface area contributed by atoms with Crippen molar-refractivity contribution in [3.05, 3.63) is 164 Å². The zero-order valence-electron chi connectivity index (χ0n) is 26.3. The number of furan rings is 1. The van der Waals surface area contributed by atoms with Gasteiger partial charge in [-0.25, -0.2) is 15.0 Å². The Labute approximate surface area is 282 Å². The number of hydrogen-bond acceptors (Lipinski definition) is 4. The van der Waals surface area contributed by atoms with Crippen molar-refractivity contribution in [1.29, 1.82) is 0 Å². The first-order valence-electron chi connectivity index (χ1n) is 16.4. The van der Waals surface area contributed by atoms with Crippen LogP contribution in [0.2, 0.25) is 0 Å². The number of nitrogens with zero attached hydrogens (tertiary/aromatic N) is 3. The molecule has 0 unspecified atom stereocenters. The van der Waals surface area contributed by atoms with E-state index in [1.165, 1.54) is 0 Å². The summed E-state index contributed by atoms with van der Waals surface area (Å²) in [4.78, 5) is 15.4. The van der Waals surface area contributed by atoms with E-state index in [-0.39, 0.29) is 0 Å². The molecule has 4 heteroatoms. The van der Waals surface area contributed by atoms with Crippen LogP contribution < -0.4 is 0 Å². The van der Waals surface area contributed by atoms with Crippen LogP contribution in [-0.4, -0.2) is 15.0 Å². The van der Waals surface area contributed by atoms with Gasteiger partial charge in [0.05, 0.1) is 22.4 Å². The van der Waals surface area contributed by atoms with Gasteiger partial charge in [-0.15, -0.1) is 0 Å². The maximum atomic E-state index is 6.52. The summed E-state index contributed by atoms with van der Waals surface area (Å²) in [7, 11) is 0. The molecular weight excluding hydrogens is 599 g/mol. The number of benzene rings is 7. The molecular formula is C45H27N3O. The van der Waals surface area contributed by atoms with Crippen LogP contribution in [0.5, 0.6) is 0 Å². The maximum Gasteiger partial charge on any atom is 0.160 e. The Morgan fingerprint density at radius 3 is 1.73 bits per heavy atom. The molecule has 0 N–H and O–H groups in total. The van der Waals surface area contributed by atoms with Gasteiger partial charge >= 0.3 is 0 Å². The molecule has 0 saturated carbocycles. The molecule has 0 spiro atoms. The molecule has 49 heavy (non-hydrogen) atoms. The van der Waals surface area contributed by atoms with Crippen LogP contribution in [-0.2, 0) is 0 Å². The minimum absolute atomic E-state index is 0.701. The van der Waals surface area contributed by atoms with E-state index >= 15 is 0 Å². The SMILES string of the molecule is c1ccc(-c2cccc(-c3nc(-c4ccc(-c5nc6ccccc6c6c5ccc5c7ccccc7oc56)cc4)c4ccccc4n3)c2)cc1. The Balaban J connectivity index is 1.13. The normalized spacial score (nSPS) is 11.7. The largest absolute Gasteiger partial charge is 0.455 e. The van der Waals surface area contributed by atoms with E-state index < -0.39 is 0 Å². The highest BCUT2D eigenvalue weighted by Crippen LogP contribution is 2.41. The predicted molar refractivity (Wildman–Crippen MR) is 201 cm³/mol. The number of rotatable bonds is 4. The van der Waals surface area contributed by atoms with Crippen molar-refractivity contribution < 1.29 is 4.42 Å². The summed E-state index contributed by atoms with van der Waals surface area (Å²) >= 11 is 0. The third-order valence-electron chi connectivity index (χ3n) is 9.47. The minimum Gasteiger partial charge on any atom is -0.455 e. The van der Waals surface area contributed by atoms with E-state index in [9.17, 15) is 0 Å². The van der Waals surface area contributed by atoms with Crippen molar-refractivity contribution in [3.63, 3.8) is 0 Å². The van der Waals surface area contributed by atoms with Gasteiger partial charge < -0.3 is 4.42 Å². The standard InChI is InChI=1S/C45H27N3O/c1-2-11-28(12-3-1)31-13-10-14-32(27-31)45-47-39-19-8-5-17-36(39)42(48-45)29-21-23-30(24-22-29)43-37-26-25-34-33-15-6-9-20-40(33)49-44(34)41(37)35-16-4-7-18-38(35)46-43/h1-27H. The average Bonchev–Trinajstić information content (AvgIpc) is 3.56. The Hall–Kier alpha value is -6.65. The molecule has 0 aliphatic carbocycles. The summed E-state index contributed by atoms with van der Waals surface area (Å²) in [6, 6.07) is 56.6. The summed E-state index contributed by atoms with van der Waals surface area (Å²) in [6.07, 6.45) is 0. The lowest BCUT2D eigenvalue weighted by Gasteiger charge is -2.12. The maximum absolute atomic E-state index is 6.52. The molecule has 0 radical (unpaired) electrons. The van der Waals surface area contributed by atoms with E-state index in [1.54, 1.807) is 0 Å². The zero-order chi connectivity index (χ0) is 32.3. The average molecular weight is 626 g/mol. The Kier molecular flexibility index (Phi) is 6.15. The number of hydrogen-bond donors (Lipinski definition) is 0. The molecule has 3 heterocycles. The first-order chi connectivity index (χ1) is 24.3. The molecule has 0 fully saturated rings. The molecule has 10 aromatic rings. The molecule has 3 aromatic heterocycles. The van der Waals surface area contributed by atoms with Crippen LogP contribution >= 0.6 is 0 Å². The van der Waals surface area contributed by atoms with Gasteiger partial charge in [0.25, 0.3) is 0 Å². The lowest BCUT2D eigenvalue weighted by Crippen LogP contribution is -1.96. The summed E-state index contributed by atoms with van der Waals surface area (Å²) in [5.41, 5.74) is 10.8. The summed E-state index contributed by atoms with van der Waals surface area (Å²) in [5.74, 6) is 0.701. The summed E-state index contributed by atoms with van der Waals surface area (Å²) < 4.78 is 6.52. The van der Waals surface area contributed by atoms with Crippen molar-refractivity contribution in [3.8, 4) is 45.0 Å². The number of fused-ring (bicyclic) bond motifs is 8. The van der Waals surface area contributed by atoms with E-state index in [0.717, 1.165) is 93.7 Å². The molecule has 4 nitrogen and oxygen atoms in total. The lowest BCUT2D eigenvalue weighted by atomic mass is 9.96. The van der Waals surface area contributed by atoms with Crippen LogP contribution in [0.1, 0.15) is 0 Å². The fourth-order valence-corrected chi connectivity index (χ4v) is 7.12. The van der Waals surface area contributed by atoms with Crippen LogP contribution in [0, 0.1) is 0 Å². The quantitative estimate of drug-likeness (QED) is 0.183. The monoisotopic (exact) mass is 625 g/mol. The highest BCUT2D eigenvalue weighted by molar-refractivity contribution is 6.24. The molecule has 10 rings (SSSR count). The van der Waals surface area contributed by atoms with Gasteiger partial charge in [-0.3, -0.25) is 0 Å². The number of pyridine rings is 1. The van der Waals surface area contributed by atoms with E-state index in [4.69, 9.17) is 19.4 Å². The van der Waals surface area contributed by atoms with Crippen LogP contribution in [0.25, 0.3) is 99.5 Å².